The fraction of sp³-hybridized carbons (Fsp3) is 0. The molecule has 4 heterocycles. The number of aromatic nitrogens is 2. The average Bonchev–Trinajstić information content (AvgIpc) is 3.95. The summed E-state index contributed by atoms with van der Waals surface area (Å²) in [6, 6.07) is 62.7. The van der Waals surface area contributed by atoms with Crippen molar-refractivity contribution in [2.45, 2.75) is 0 Å². The summed E-state index contributed by atoms with van der Waals surface area (Å²) in [4.78, 5) is 0. The first-order valence-electron chi connectivity index (χ1n) is 17.7. The van der Waals surface area contributed by atoms with Gasteiger partial charge in [0.05, 0.1) is 22.1 Å². The van der Waals surface area contributed by atoms with E-state index in [0.29, 0.717) is 0 Å². The first-order chi connectivity index (χ1) is 25.8. The molecule has 8 aromatic carbocycles. The summed E-state index contributed by atoms with van der Waals surface area (Å²) in [6.07, 6.45) is 0. The van der Waals surface area contributed by atoms with Crippen molar-refractivity contribution < 1.29 is 0 Å². The molecule has 0 unspecified atom stereocenters. The summed E-state index contributed by atoms with van der Waals surface area (Å²) in [5.41, 5.74) is 9.94. The van der Waals surface area contributed by atoms with Gasteiger partial charge in [0.2, 0.25) is 0 Å². The van der Waals surface area contributed by atoms with Gasteiger partial charge in [-0.25, -0.2) is 0 Å². The second-order valence-electron chi connectivity index (χ2n) is 13.7. The molecule has 52 heavy (non-hydrogen) atoms. The van der Waals surface area contributed by atoms with Crippen molar-refractivity contribution in [1.82, 2.24) is 9.13 Å². The Hall–Kier alpha value is -6.20. The van der Waals surface area contributed by atoms with Crippen LogP contribution in [0.1, 0.15) is 0 Å². The summed E-state index contributed by atoms with van der Waals surface area (Å²) < 4.78 is 10.1. The van der Waals surface area contributed by atoms with E-state index in [0.717, 1.165) is 0 Å². The third-order valence-electron chi connectivity index (χ3n) is 10.9. The number of nitrogens with zero attached hydrogens (tertiary/aromatic N) is 2. The van der Waals surface area contributed by atoms with Crippen molar-refractivity contribution in [2.24, 2.45) is 0 Å². The molecule has 12 rings (SSSR count). The quantitative estimate of drug-likeness (QED) is 0.174. The highest BCUT2D eigenvalue weighted by Gasteiger charge is 2.18. The normalized spacial score (nSPS) is 12.2. The lowest BCUT2D eigenvalue weighted by atomic mass is 10.0. The molecule has 4 aromatic heterocycles. The van der Waals surface area contributed by atoms with Gasteiger partial charge in [0.15, 0.2) is 0 Å². The molecule has 4 heteroatoms. The number of hydrogen-bond acceptors (Lipinski definition) is 2. The zero-order chi connectivity index (χ0) is 33.9. The Kier molecular flexibility index (Phi) is 5.84. The van der Waals surface area contributed by atoms with E-state index in [9.17, 15) is 0 Å². The van der Waals surface area contributed by atoms with Gasteiger partial charge in [-0.15, -0.1) is 22.7 Å². The Balaban J connectivity index is 1.04. The van der Waals surface area contributed by atoms with E-state index in [1.165, 1.54) is 106 Å². The molecule has 2 nitrogen and oxygen atoms in total. The highest BCUT2D eigenvalue weighted by Crippen LogP contribution is 2.46. The van der Waals surface area contributed by atoms with Crippen LogP contribution in [0.5, 0.6) is 0 Å². The highest BCUT2D eigenvalue weighted by atomic mass is 32.1. The molecule has 0 aliphatic heterocycles. The molecule has 0 aliphatic rings. The predicted octanol–water partition coefficient (Wildman–Crippen LogP) is 14.3. The minimum atomic E-state index is 1.20. The van der Waals surface area contributed by atoms with E-state index in [1.54, 1.807) is 0 Å². The summed E-state index contributed by atoms with van der Waals surface area (Å²) in [7, 11) is 0. The van der Waals surface area contributed by atoms with E-state index in [2.05, 4.69) is 179 Å². The first-order valence-corrected chi connectivity index (χ1v) is 19.3. The molecule has 0 bridgehead atoms. The van der Waals surface area contributed by atoms with Crippen molar-refractivity contribution in [3.63, 3.8) is 0 Å². The van der Waals surface area contributed by atoms with Crippen LogP contribution in [0.25, 0.3) is 106 Å². The molecule has 0 aliphatic carbocycles. The number of benzene rings is 8. The Labute approximate surface area is 306 Å². The van der Waals surface area contributed by atoms with E-state index in [4.69, 9.17) is 0 Å². The molecule has 0 fully saturated rings. The Morgan fingerprint density at radius 2 is 0.635 bits per heavy atom. The monoisotopic (exact) mass is 696 g/mol. The molecule has 0 saturated heterocycles. The standard InChI is InChI=1S/C48H28N2S2/c1-5-19-41-31(11-1)32-12-2-6-20-42(32)49(41)29-23-25-45-39(27-29)37-17-9-15-35(47(37)51-45)36-16-10-18-38-40-28-30(24-26-46(40)52-48(36)38)50-43-21-7-3-13-33(43)34-14-4-8-22-44(34)50/h1-28H. The van der Waals surface area contributed by atoms with Gasteiger partial charge in [-0.05, 0) is 60.7 Å². The highest BCUT2D eigenvalue weighted by molar-refractivity contribution is 7.27. The molecule has 12 aromatic rings. The summed E-state index contributed by atoms with van der Waals surface area (Å²) in [5.74, 6) is 0. The molecule has 0 saturated carbocycles. The van der Waals surface area contributed by atoms with Crippen LogP contribution in [-0.2, 0) is 0 Å². The van der Waals surface area contributed by atoms with Gasteiger partial charge in [0.25, 0.3) is 0 Å². The summed E-state index contributed by atoms with van der Waals surface area (Å²) in [6.45, 7) is 0. The largest absolute Gasteiger partial charge is 0.309 e. The number of hydrogen-bond donors (Lipinski definition) is 0. The van der Waals surface area contributed by atoms with E-state index >= 15 is 0 Å². The number of thiophene rings is 2. The number of fused-ring (bicyclic) bond motifs is 12. The average molecular weight is 697 g/mol. The minimum Gasteiger partial charge on any atom is -0.309 e. The predicted molar refractivity (Wildman–Crippen MR) is 226 cm³/mol. The van der Waals surface area contributed by atoms with Crippen LogP contribution in [0.2, 0.25) is 0 Å². The van der Waals surface area contributed by atoms with Crippen LogP contribution in [0.4, 0.5) is 0 Å². The van der Waals surface area contributed by atoms with E-state index < -0.39 is 0 Å². The van der Waals surface area contributed by atoms with E-state index in [-0.39, 0.29) is 0 Å². The molecule has 242 valence electrons. The summed E-state index contributed by atoms with van der Waals surface area (Å²) >= 11 is 3.81. The van der Waals surface area contributed by atoms with Crippen molar-refractivity contribution in [1.29, 1.82) is 0 Å². The second kappa shape index (κ2) is 10.7. The molecule has 0 radical (unpaired) electrons. The smallest absolute Gasteiger partial charge is 0.0541 e. The van der Waals surface area contributed by atoms with Crippen molar-refractivity contribution in [2.75, 3.05) is 0 Å². The summed E-state index contributed by atoms with van der Waals surface area (Å²) in [5, 5.41) is 10.4. The Morgan fingerprint density at radius 3 is 1.02 bits per heavy atom. The van der Waals surface area contributed by atoms with Crippen LogP contribution in [0, 0.1) is 0 Å². The van der Waals surface area contributed by atoms with Gasteiger partial charge in [-0.3, -0.25) is 0 Å². The lowest BCUT2D eigenvalue weighted by molar-refractivity contribution is 1.19. The van der Waals surface area contributed by atoms with Crippen LogP contribution < -0.4 is 0 Å². The van der Waals surface area contributed by atoms with Crippen LogP contribution >= 0.6 is 22.7 Å². The Bertz CT molecular complexity index is 3090. The number of para-hydroxylation sites is 4. The van der Waals surface area contributed by atoms with Crippen LogP contribution in [0.3, 0.4) is 0 Å². The maximum absolute atomic E-state index is 2.42. The van der Waals surface area contributed by atoms with Crippen molar-refractivity contribution >= 4 is 107 Å². The fourth-order valence-electron chi connectivity index (χ4n) is 8.68. The zero-order valence-electron chi connectivity index (χ0n) is 27.9. The fourth-order valence-corrected chi connectivity index (χ4v) is 11.1. The third-order valence-corrected chi connectivity index (χ3v) is 13.4. The number of rotatable bonds is 3. The molecular weight excluding hydrogens is 669 g/mol. The van der Waals surface area contributed by atoms with Gasteiger partial charge in [0.1, 0.15) is 0 Å². The van der Waals surface area contributed by atoms with Crippen LogP contribution in [0.15, 0.2) is 170 Å². The maximum atomic E-state index is 2.42. The van der Waals surface area contributed by atoms with Gasteiger partial charge in [0, 0.05) is 84.4 Å². The lowest BCUT2D eigenvalue weighted by Gasteiger charge is -2.08. The van der Waals surface area contributed by atoms with Gasteiger partial charge < -0.3 is 9.13 Å². The molecule has 0 N–H and O–H groups in total. The van der Waals surface area contributed by atoms with E-state index in [1.807, 2.05) is 22.7 Å². The molecule has 0 spiro atoms. The zero-order valence-corrected chi connectivity index (χ0v) is 29.5. The third kappa shape index (κ3) is 3.88. The van der Waals surface area contributed by atoms with Gasteiger partial charge in [-0.1, -0.05) is 109 Å². The first kappa shape index (κ1) is 28.5. The van der Waals surface area contributed by atoms with Gasteiger partial charge in [-0.2, -0.15) is 0 Å². The minimum absolute atomic E-state index is 1.20. The second-order valence-corrected chi connectivity index (χ2v) is 15.8. The van der Waals surface area contributed by atoms with Crippen molar-refractivity contribution in [3.05, 3.63) is 170 Å². The SMILES string of the molecule is c1cc(-c2cccc3c2sc2ccc(-n4c5ccccc5c5ccccc54)cc23)c2sc3ccc(-n4c5ccccc5c5ccccc54)cc3c2c1. The Morgan fingerprint density at radius 1 is 0.288 bits per heavy atom. The maximum Gasteiger partial charge on any atom is 0.0541 e. The molecular formula is C48H28N2S2. The molecule has 0 amide bonds. The van der Waals surface area contributed by atoms with Crippen LogP contribution in [-0.4, -0.2) is 9.13 Å². The van der Waals surface area contributed by atoms with Gasteiger partial charge >= 0.3 is 0 Å². The topological polar surface area (TPSA) is 9.86 Å². The lowest BCUT2D eigenvalue weighted by Crippen LogP contribution is -1.93. The molecule has 0 atom stereocenters. The van der Waals surface area contributed by atoms with Crippen molar-refractivity contribution in [3.8, 4) is 22.5 Å².